The maximum absolute atomic E-state index is 12.7. The van der Waals surface area contributed by atoms with Crippen molar-refractivity contribution in [2.45, 2.75) is 51.3 Å². The minimum atomic E-state index is -0.932. The van der Waals surface area contributed by atoms with E-state index in [0.29, 0.717) is 11.3 Å². The second-order valence-electron chi connectivity index (χ2n) is 9.50. The number of carbonyl (C=O) groups is 2. The van der Waals surface area contributed by atoms with Gasteiger partial charge in [0, 0.05) is 12.1 Å². The summed E-state index contributed by atoms with van der Waals surface area (Å²) in [5, 5.41) is 15.8. The van der Waals surface area contributed by atoms with Crippen LogP contribution in [0.3, 0.4) is 0 Å². The topological polar surface area (TPSA) is 157 Å². The molecule has 0 saturated heterocycles. The van der Waals surface area contributed by atoms with Crippen LogP contribution in [-0.2, 0) is 9.59 Å². The molecule has 0 fully saturated rings. The zero-order valence-corrected chi connectivity index (χ0v) is 22.2. The van der Waals surface area contributed by atoms with E-state index in [-0.39, 0.29) is 29.0 Å². The van der Waals surface area contributed by atoms with Crippen LogP contribution < -0.4 is 21.9 Å². The molecule has 2 atom stereocenters. The fourth-order valence-electron chi connectivity index (χ4n) is 4.17. The summed E-state index contributed by atoms with van der Waals surface area (Å²) in [7, 11) is 0. The van der Waals surface area contributed by atoms with Gasteiger partial charge in [-0.2, -0.15) is 4.99 Å². The number of amidine groups is 1. The molecule has 1 aromatic heterocycles. The van der Waals surface area contributed by atoms with Crippen LogP contribution in [0.2, 0.25) is 0 Å². The second kappa shape index (κ2) is 11.1. The molecule has 4 rings (SSSR count). The number of aromatic amines is 2. The highest BCUT2D eigenvalue weighted by atomic mass is 32.2. The van der Waals surface area contributed by atoms with Gasteiger partial charge in [0.05, 0.1) is 6.04 Å². The van der Waals surface area contributed by atoms with E-state index in [1.54, 1.807) is 12.1 Å². The fourth-order valence-corrected chi connectivity index (χ4v) is 5.16. The van der Waals surface area contributed by atoms with Gasteiger partial charge >= 0.3 is 5.69 Å². The normalized spacial score (nSPS) is 15.9. The Morgan fingerprint density at radius 2 is 1.74 bits per heavy atom. The van der Waals surface area contributed by atoms with Crippen molar-refractivity contribution in [2.24, 2.45) is 4.99 Å². The van der Waals surface area contributed by atoms with Crippen molar-refractivity contribution in [1.82, 2.24) is 15.3 Å². The molecule has 1 aliphatic rings. The maximum Gasteiger partial charge on any atom is 0.328 e. The van der Waals surface area contributed by atoms with Gasteiger partial charge in [0.2, 0.25) is 11.8 Å². The van der Waals surface area contributed by atoms with E-state index >= 15 is 0 Å². The van der Waals surface area contributed by atoms with E-state index in [1.807, 2.05) is 44.2 Å². The first-order valence-corrected chi connectivity index (χ1v) is 13.0. The van der Waals surface area contributed by atoms with Gasteiger partial charge < -0.3 is 15.7 Å². The SMILES string of the molecule is Cc1ccc(NC(=O)CC2SC(NC(c3ccc(C(C)C)cc3)c3c(O)[nH]c(=O)[nH]c3=O)=NC2=O)c(C)c1. The molecule has 2 heterocycles. The van der Waals surface area contributed by atoms with Gasteiger partial charge in [-0.1, -0.05) is 67.6 Å². The molecule has 0 spiro atoms. The van der Waals surface area contributed by atoms with Crippen LogP contribution in [0.1, 0.15) is 60.0 Å². The number of hydrogen-bond acceptors (Lipinski definition) is 7. The summed E-state index contributed by atoms with van der Waals surface area (Å²) >= 11 is 1.07. The number of hydrogen-bond donors (Lipinski definition) is 5. The second-order valence-corrected chi connectivity index (χ2v) is 10.7. The minimum Gasteiger partial charge on any atom is -0.494 e. The van der Waals surface area contributed by atoms with Crippen molar-refractivity contribution >= 4 is 34.4 Å². The molecule has 2 unspecified atom stereocenters. The number of nitrogens with one attached hydrogen (secondary N) is 4. The van der Waals surface area contributed by atoms with Crippen LogP contribution in [0, 0.1) is 13.8 Å². The Balaban J connectivity index is 1.54. The molecule has 5 N–H and O–H groups in total. The molecule has 0 saturated carbocycles. The molecule has 0 aliphatic carbocycles. The van der Waals surface area contributed by atoms with Crippen LogP contribution in [0.4, 0.5) is 5.69 Å². The summed E-state index contributed by atoms with van der Waals surface area (Å²) in [6.07, 6.45) is -0.0935. The quantitative estimate of drug-likeness (QED) is 0.311. The van der Waals surface area contributed by atoms with E-state index in [4.69, 9.17) is 0 Å². The number of aromatic nitrogens is 2. The lowest BCUT2D eigenvalue weighted by Crippen LogP contribution is -2.34. The molecule has 2 amide bonds. The zero-order chi connectivity index (χ0) is 27.6. The van der Waals surface area contributed by atoms with E-state index < -0.39 is 34.3 Å². The van der Waals surface area contributed by atoms with Gasteiger partial charge in [-0.05, 0) is 42.5 Å². The Hall–Kier alpha value is -4.12. The highest BCUT2D eigenvalue weighted by Crippen LogP contribution is 2.31. The molecule has 0 radical (unpaired) electrons. The van der Waals surface area contributed by atoms with Gasteiger partial charge in [0.15, 0.2) is 5.17 Å². The summed E-state index contributed by atoms with van der Waals surface area (Å²) < 4.78 is 0. The molecule has 10 nitrogen and oxygen atoms in total. The van der Waals surface area contributed by atoms with Crippen LogP contribution in [0.15, 0.2) is 57.0 Å². The Morgan fingerprint density at radius 1 is 1.05 bits per heavy atom. The first kappa shape index (κ1) is 26.9. The van der Waals surface area contributed by atoms with Crippen molar-refractivity contribution in [3.05, 3.63) is 91.1 Å². The summed E-state index contributed by atoms with van der Waals surface area (Å²) in [6, 6.07) is 12.1. The smallest absolute Gasteiger partial charge is 0.328 e. The minimum absolute atomic E-state index is 0.0935. The Bertz CT molecular complexity index is 1520. The molecule has 0 bridgehead atoms. The fraction of sp³-hybridized carbons (Fsp3) is 0.296. The molecule has 11 heteroatoms. The molecular weight excluding hydrogens is 506 g/mol. The third-order valence-electron chi connectivity index (χ3n) is 6.22. The van der Waals surface area contributed by atoms with Crippen molar-refractivity contribution in [3.63, 3.8) is 0 Å². The van der Waals surface area contributed by atoms with E-state index in [0.717, 1.165) is 28.5 Å². The number of anilines is 1. The zero-order valence-electron chi connectivity index (χ0n) is 21.4. The van der Waals surface area contributed by atoms with Crippen molar-refractivity contribution in [3.8, 4) is 5.88 Å². The van der Waals surface area contributed by atoms with Gasteiger partial charge in [0.25, 0.3) is 11.5 Å². The average molecular weight is 536 g/mol. The summed E-state index contributed by atoms with van der Waals surface area (Å²) in [6.45, 7) is 7.96. The van der Waals surface area contributed by atoms with Gasteiger partial charge in [0.1, 0.15) is 10.8 Å². The predicted octanol–water partition coefficient (Wildman–Crippen LogP) is 3.21. The number of amides is 2. The van der Waals surface area contributed by atoms with Crippen molar-refractivity contribution in [1.29, 1.82) is 0 Å². The van der Waals surface area contributed by atoms with Crippen LogP contribution >= 0.6 is 11.8 Å². The Morgan fingerprint density at radius 3 is 2.37 bits per heavy atom. The molecule has 2 aromatic carbocycles. The molecule has 1 aliphatic heterocycles. The number of thioether (sulfide) groups is 1. The lowest BCUT2D eigenvalue weighted by atomic mass is 9.96. The maximum atomic E-state index is 12.7. The number of rotatable bonds is 7. The number of aryl methyl sites for hydroxylation is 2. The predicted molar refractivity (Wildman–Crippen MR) is 148 cm³/mol. The first-order valence-electron chi connectivity index (χ1n) is 12.1. The third-order valence-corrected chi connectivity index (χ3v) is 7.30. The summed E-state index contributed by atoms with van der Waals surface area (Å²) in [4.78, 5) is 58.0. The number of carbonyl (C=O) groups excluding carboxylic acids is 2. The standard InChI is InChI=1S/C27H29N5O5S/c1-13(2)16-6-8-17(9-7-16)22(21-24(35)30-26(37)31-25(21)36)29-27-32-23(34)19(38-27)12-20(33)28-18-10-5-14(3)11-15(18)4/h5-11,13,19,22H,12H2,1-4H3,(H,28,33)(H,29,32,34)(H3,30,31,35,36,37). The Labute approximate surface area is 223 Å². The highest BCUT2D eigenvalue weighted by Gasteiger charge is 2.33. The van der Waals surface area contributed by atoms with E-state index in [1.165, 1.54) is 0 Å². The first-order chi connectivity index (χ1) is 18.0. The van der Waals surface area contributed by atoms with Crippen molar-refractivity contribution in [2.75, 3.05) is 5.32 Å². The molecule has 198 valence electrons. The molecular formula is C27H29N5O5S. The Kier molecular flexibility index (Phi) is 7.86. The lowest BCUT2D eigenvalue weighted by molar-refractivity contribution is -0.121. The highest BCUT2D eigenvalue weighted by molar-refractivity contribution is 8.15. The number of benzene rings is 2. The van der Waals surface area contributed by atoms with E-state index in [2.05, 4.69) is 39.4 Å². The lowest BCUT2D eigenvalue weighted by Gasteiger charge is -2.21. The number of aliphatic imine (C=N–C) groups is 1. The van der Waals surface area contributed by atoms with Gasteiger partial charge in [-0.25, -0.2) is 4.79 Å². The molecule has 3 aromatic rings. The van der Waals surface area contributed by atoms with Gasteiger partial charge in [-0.15, -0.1) is 0 Å². The average Bonchev–Trinajstić information content (AvgIpc) is 3.18. The monoisotopic (exact) mass is 535 g/mol. The number of H-pyrrole nitrogens is 2. The van der Waals surface area contributed by atoms with Crippen LogP contribution in [0.5, 0.6) is 5.88 Å². The summed E-state index contributed by atoms with van der Waals surface area (Å²) in [5.74, 6) is -1.12. The summed E-state index contributed by atoms with van der Waals surface area (Å²) in [5.41, 5.74) is 2.59. The largest absolute Gasteiger partial charge is 0.494 e. The molecule has 38 heavy (non-hydrogen) atoms. The van der Waals surface area contributed by atoms with Crippen LogP contribution in [-0.4, -0.2) is 37.3 Å². The number of aromatic hydroxyl groups is 1. The third kappa shape index (κ3) is 6.05. The van der Waals surface area contributed by atoms with Crippen LogP contribution in [0.25, 0.3) is 0 Å². The van der Waals surface area contributed by atoms with Crippen molar-refractivity contribution < 1.29 is 14.7 Å². The number of nitrogens with zero attached hydrogens (tertiary/aromatic N) is 1. The van der Waals surface area contributed by atoms with Gasteiger partial charge in [-0.3, -0.25) is 24.4 Å². The van der Waals surface area contributed by atoms with E-state index in [9.17, 15) is 24.3 Å².